The molecule has 1 heterocycles. The van der Waals surface area contributed by atoms with Crippen molar-refractivity contribution in [2.24, 2.45) is 0 Å². The number of carbonyl (C=O) groups is 1. The van der Waals surface area contributed by atoms with Crippen molar-refractivity contribution in [1.82, 2.24) is 0 Å². The summed E-state index contributed by atoms with van der Waals surface area (Å²) in [6, 6.07) is 15.7. The van der Waals surface area contributed by atoms with Gasteiger partial charge in [-0.1, -0.05) is 12.1 Å². The Hall–Kier alpha value is -1.43. The van der Waals surface area contributed by atoms with E-state index in [2.05, 4.69) is 5.32 Å². The van der Waals surface area contributed by atoms with Crippen LogP contribution in [0.4, 0.5) is 5.69 Å². The summed E-state index contributed by atoms with van der Waals surface area (Å²) >= 11 is 3.39. The van der Waals surface area contributed by atoms with E-state index in [0.717, 1.165) is 41.3 Å². The Bertz CT molecular complexity index is 682. The molecule has 1 atom stereocenters. The minimum atomic E-state index is -0.0673. The molecule has 5 heteroatoms. The van der Waals surface area contributed by atoms with E-state index in [-0.39, 0.29) is 5.91 Å². The van der Waals surface area contributed by atoms with E-state index >= 15 is 0 Å². The van der Waals surface area contributed by atoms with Gasteiger partial charge in [0, 0.05) is 27.8 Å². The summed E-state index contributed by atoms with van der Waals surface area (Å²) in [4.78, 5) is 14.8. The maximum absolute atomic E-state index is 12.6. The molecular formula is C19H21NO2S2. The lowest BCUT2D eigenvalue weighted by Crippen LogP contribution is -2.14. The molecule has 0 aromatic heterocycles. The second-order valence-electron chi connectivity index (χ2n) is 5.62. The van der Waals surface area contributed by atoms with E-state index in [1.807, 2.05) is 54.8 Å². The maximum Gasteiger partial charge on any atom is 0.256 e. The quantitative estimate of drug-likeness (QED) is 0.742. The van der Waals surface area contributed by atoms with Gasteiger partial charge in [-0.3, -0.25) is 4.79 Å². The van der Waals surface area contributed by atoms with Crippen molar-refractivity contribution in [3.63, 3.8) is 0 Å². The molecule has 0 bridgehead atoms. The Kier molecular flexibility index (Phi) is 6.24. The van der Waals surface area contributed by atoms with Crippen LogP contribution in [-0.2, 0) is 4.74 Å². The molecule has 0 unspecified atom stereocenters. The number of hydrogen-bond acceptors (Lipinski definition) is 4. The van der Waals surface area contributed by atoms with E-state index in [0.29, 0.717) is 6.10 Å². The first-order valence-corrected chi connectivity index (χ1v) is 10.3. The van der Waals surface area contributed by atoms with Crippen molar-refractivity contribution in [3.8, 4) is 0 Å². The first-order chi connectivity index (χ1) is 11.8. The number of ether oxygens (including phenoxy) is 1. The van der Waals surface area contributed by atoms with Crippen LogP contribution in [0, 0.1) is 0 Å². The summed E-state index contributed by atoms with van der Waals surface area (Å²) in [6.07, 6.45) is 4.60. The SMILES string of the molecule is CSc1ccc(NC(=O)c2ccccc2SC[C@H]2CCCO2)cc1. The van der Waals surface area contributed by atoms with E-state index in [4.69, 9.17) is 4.74 Å². The van der Waals surface area contributed by atoms with Crippen molar-refractivity contribution in [2.45, 2.75) is 28.7 Å². The zero-order valence-corrected chi connectivity index (χ0v) is 15.3. The standard InChI is InChI=1S/C19H21NO2S2/c1-23-16-10-8-14(9-11-16)20-19(21)17-6-2-3-7-18(17)24-13-15-5-4-12-22-15/h2-3,6-11,15H,4-5,12-13H2,1H3,(H,20,21)/t15-/m1/s1. The topological polar surface area (TPSA) is 38.3 Å². The van der Waals surface area contributed by atoms with Gasteiger partial charge in [-0.25, -0.2) is 0 Å². The minimum Gasteiger partial charge on any atom is -0.377 e. The molecule has 1 saturated heterocycles. The van der Waals surface area contributed by atoms with E-state index in [9.17, 15) is 4.79 Å². The first-order valence-electron chi connectivity index (χ1n) is 8.05. The number of rotatable bonds is 6. The van der Waals surface area contributed by atoms with Gasteiger partial charge in [0.15, 0.2) is 0 Å². The monoisotopic (exact) mass is 359 g/mol. The summed E-state index contributed by atoms with van der Waals surface area (Å²) in [5.74, 6) is 0.828. The third kappa shape index (κ3) is 4.56. The van der Waals surface area contributed by atoms with Crippen LogP contribution in [0.1, 0.15) is 23.2 Å². The second kappa shape index (κ2) is 8.60. The van der Waals surface area contributed by atoms with Gasteiger partial charge in [-0.2, -0.15) is 0 Å². The number of thioether (sulfide) groups is 2. The second-order valence-corrected chi connectivity index (χ2v) is 7.57. The summed E-state index contributed by atoms with van der Waals surface area (Å²) in [5.41, 5.74) is 1.53. The maximum atomic E-state index is 12.6. The van der Waals surface area contributed by atoms with Crippen LogP contribution in [0.2, 0.25) is 0 Å². The van der Waals surface area contributed by atoms with Gasteiger partial charge >= 0.3 is 0 Å². The number of nitrogens with one attached hydrogen (secondary N) is 1. The van der Waals surface area contributed by atoms with Crippen LogP contribution in [0.15, 0.2) is 58.3 Å². The molecule has 126 valence electrons. The molecule has 1 fully saturated rings. The summed E-state index contributed by atoms with van der Waals surface area (Å²) in [7, 11) is 0. The largest absolute Gasteiger partial charge is 0.377 e. The smallest absolute Gasteiger partial charge is 0.256 e. The molecule has 1 N–H and O–H groups in total. The van der Waals surface area contributed by atoms with Crippen molar-refractivity contribution < 1.29 is 9.53 Å². The van der Waals surface area contributed by atoms with E-state index in [1.54, 1.807) is 23.5 Å². The fraction of sp³-hybridized carbons (Fsp3) is 0.316. The average Bonchev–Trinajstić information content (AvgIpc) is 3.14. The van der Waals surface area contributed by atoms with Crippen molar-refractivity contribution >= 4 is 35.1 Å². The van der Waals surface area contributed by atoms with E-state index < -0.39 is 0 Å². The van der Waals surface area contributed by atoms with Crippen molar-refractivity contribution in [3.05, 3.63) is 54.1 Å². The Morgan fingerprint density at radius 2 is 2.00 bits per heavy atom. The van der Waals surface area contributed by atoms with Crippen LogP contribution >= 0.6 is 23.5 Å². The number of anilines is 1. The van der Waals surface area contributed by atoms with Crippen LogP contribution in [0.3, 0.4) is 0 Å². The van der Waals surface area contributed by atoms with E-state index in [1.165, 1.54) is 4.90 Å². The molecule has 0 aliphatic carbocycles. The number of hydrogen-bond donors (Lipinski definition) is 1. The summed E-state index contributed by atoms with van der Waals surface area (Å²) < 4.78 is 5.67. The molecule has 3 nitrogen and oxygen atoms in total. The molecule has 1 aliphatic heterocycles. The van der Waals surface area contributed by atoms with Gasteiger partial charge in [0.05, 0.1) is 11.7 Å². The fourth-order valence-corrected chi connectivity index (χ4v) is 4.14. The number of amides is 1. The van der Waals surface area contributed by atoms with Gasteiger partial charge < -0.3 is 10.1 Å². The molecule has 24 heavy (non-hydrogen) atoms. The predicted octanol–water partition coefficient (Wildman–Crippen LogP) is 4.93. The number of carbonyl (C=O) groups excluding carboxylic acids is 1. The van der Waals surface area contributed by atoms with Crippen LogP contribution < -0.4 is 5.32 Å². The lowest BCUT2D eigenvalue weighted by atomic mass is 10.2. The van der Waals surface area contributed by atoms with Gasteiger partial charge in [0.25, 0.3) is 5.91 Å². The lowest BCUT2D eigenvalue weighted by Gasteiger charge is -2.12. The van der Waals surface area contributed by atoms with Gasteiger partial charge in [0.2, 0.25) is 0 Å². The molecule has 0 radical (unpaired) electrons. The zero-order chi connectivity index (χ0) is 16.8. The highest BCUT2D eigenvalue weighted by Gasteiger charge is 2.18. The Morgan fingerprint density at radius 3 is 2.71 bits per heavy atom. The molecule has 1 amide bonds. The van der Waals surface area contributed by atoms with Gasteiger partial charge in [-0.15, -0.1) is 23.5 Å². The summed E-state index contributed by atoms with van der Waals surface area (Å²) in [5, 5.41) is 2.99. The Balaban J connectivity index is 1.66. The molecule has 2 aromatic rings. The highest BCUT2D eigenvalue weighted by molar-refractivity contribution is 7.99. The summed E-state index contributed by atoms with van der Waals surface area (Å²) in [6.45, 7) is 0.861. The molecular weight excluding hydrogens is 338 g/mol. The zero-order valence-electron chi connectivity index (χ0n) is 13.7. The minimum absolute atomic E-state index is 0.0673. The predicted molar refractivity (Wildman–Crippen MR) is 102 cm³/mol. The van der Waals surface area contributed by atoms with Crippen LogP contribution in [0.5, 0.6) is 0 Å². The van der Waals surface area contributed by atoms with Crippen molar-refractivity contribution in [1.29, 1.82) is 0 Å². The van der Waals surface area contributed by atoms with Crippen LogP contribution in [0.25, 0.3) is 0 Å². The van der Waals surface area contributed by atoms with Gasteiger partial charge in [0.1, 0.15) is 0 Å². The average molecular weight is 360 g/mol. The van der Waals surface area contributed by atoms with Gasteiger partial charge in [-0.05, 0) is 55.5 Å². The Labute approximate surface area is 151 Å². The highest BCUT2D eigenvalue weighted by Crippen LogP contribution is 2.27. The normalized spacial score (nSPS) is 17.0. The molecule has 3 rings (SSSR count). The molecule has 1 aliphatic rings. The highest BCUT2D eigenvalue weighted by atomic mass is 32.2. The molecule has 0 spiro atoms. The van der Waals surface area contributed by atoms with Crippen LogP contribution in [-0.4, -0.2) is 30.6 Å². The fourth-order valence-electron chi connectivity index (χ4n) is 2.61. The third-order valence-electron chi connectivity index (χ3n) is 3.93. The van der Waals surface area contributed by atoms with Crippen molar-refractivity contribution in [2.75, 3.05) is 23.9 Å². The first kappa shape index (κ1) is 17.4. The molecule has 0 saturated carbocycles. The lowest BCUT2D eigenvalue weighted by molar-refractivity contribution is 0.102. The Morgan fingerprint density at radius 1 is 1.21 bits per heavy atom. The third-order valence-corrected chi connectivity index (χ3v) is 5.88. The molecule has 2 aromatic carbocycles. The number of benzene rings is 2.